The maximum Gasteiger partial charge on any atom is 0.243 e. The highest BCUT2D eigenvalue weighted by molar-refractivity contribution is 5.87. The van der Waals surface area contributed by atoms with Crippen LogP contribution in [0.1, 0.15) is 6.92 Å². The molecule has 1 atom stereocenters. The van der Waals surface area contributed by atoms with Crippen LogP contribution >= 0.6 is 0 Å². The Bertz CT molecular complexity index is 428. The van der Waals surface area contributed by atoms with Crippen molar-refractivity contribution in [3.63, 3.8) is 0 Å². The molecule has 1 aliphatic rings. The van der Waals surface area contributed by atoms with Gasteiger partial charge in [0.05, 0.1) is 6.54 Å². The number of nitrogens with one attached hydrogen (secondary N) is 1. The van der Waals surface area contributed by atoms with E-state index in [1.54, 1.807) is 13.0 Å². The van der Waals surface area contributed by atoms with Gasteiger partial charge in [-0.2, -0.15) is 0 Å². The number of rotatable bonds is 3. The van der Waals surface area contributed by atoms with Crippen LogP contribution in [0.4, 0.5) is 0 Å². The van der Waals surface area contributed by atoms with Gasteiger partial charge in [-0.3, -0.25) is 4.79 Å². The molecule has 0 unspecified atom stereocenters. The van der Waals surface area contributed by atoms with Crippen molar-refractivity contribution in [3.05, 3.63) is 36.4 Å². The zero-order valence-electron chi connectivity index (χ0n) is 9.68. The highest BCUT2D eigenvalue weighted by Crippen LogP contribution is 2.30. The van der Waals surface area contributed by atoms with Crippen LogP contribution in [-0.4, -0.2) is 25.2 Å². The summed E-state index contributed by atoms with van der Waals surface area (Å²) in [7, 11) is 0. The molecule has 0 radical (unpaired) electrons. The Hall–Kier alpha value is -1.97. The SMILES string of the molecule is C/C=C\C(=O)NC[C@@H]1COc2ccccc2O1. The van der Waals surface area contributed by atoms with E-state index in [0.29, 0.717) is 13.2 Å². The summed E-state index contributed by atoms with van der Waals surface area (Å²) in [6.07, 6.45) is 3.04. The van der Waals surface area contributed by atoms with Crippen LogP contribution in [0, 0.1) is 0 Å². The lowest BCUT2D eigenvalue weighted by molar-refractivity contribution is -0.117. The number of amides is 1. The normalized spacial score (nSPS) is 18.1. The van der Waals surface area contributed by atoms with Gasteiger partial charge in [-0.15, -0.1) is 0 Å². The number of para-hydroxylation sites is 2. The molecule has 1 aromatic rings. The van der Waals surface area contributed by atoms with E-state index in [1.807, 2.05) is 24.3 Å². The molecule has 1 amide bonds. The van der Waals surface area contributed by atoms with E-state index < -0.39 is 0 Å². The second-order valence-electron chi connectivity index (χ2n) is 3.74. The van der Waals surface area contributed by atoms with Crippen molar-refractivity contribution in [1.29, 1.82) is 0 Å². The van der Waals surface area contributed by atoms with Gasteiger partial charge < -0.3 is 14.8 Å². The molecule has 0 aromatic heterocycles. The van der Waals surface area contributed by atoms with E-state index in [-0.39, 0.29) is 12.0 Å². The summed E-state index contributed by atoms with van der Waals surface area (Å²) in [5, 5.41) is 2.75. The third kappa shape index (κ3) is 3.00. The molecule has 1 aromatic carbocycles. The number of fused-ring (bicyclic) bond motifs is 1. The number of allylic oxidation sites excluding steroid dienone is 1. The average Bonchev–Trinajstić information content (AvgIpc) is 2.36. The predicted molar refractivity (Wildman–Crippen MR) is 64.2 cm³/mol. The number of carbonyl (C=O) groups excluding carboxylic acids is 1. The molecule has 90 valence electrons. The van der Waals surface area contributed by atoms with Gasteiger partial charge in [0, 0.05) is 0 Å². The van der Waals surface area contributed by atoms with E-state index >= 15 is 0 Å². The Balaban J connectivity index is 1.88. The van der Waals surface area contributed by atoms with Crippen LogP contribution in [-0.2, 0) is 4.79 Å². The Morgan fingerprint density at radius 1 is 1.47 bits per heavy atom. The quantitative estimate of drug-likeness (QED) is 0.805. The van der Waals surface area contributed by atoms with Crippen molar-refractivity contribution < 1.29 is 14.3 Å². The predicted octanol–water partition coefficient (Wildman–Crippen LogP) is 1.52. The maximum absolute atomic E-state index is 11.2. The van der Waals surface area contributed by atoms with Crippen molar-refractivity contribution in [1.82, 2.24) is 5.32 Å². The smallest absolute Gasteiger partial charge is 0.243 e. The third-order valence-corrected chi connectivity index (χ3v) is 2.39. The van der Waals surface area contributed by atoms with Gasteiger partial charge in [-0.25, -0.2) is 0 Å². The first-order valence-corrected chi connectivity index (χ1v) is 5.58. The minimum absolute atomic E-state index is 0.116. The second-order valence-corrected chi connectivity index (χ2v) is 3.74. The molecule has 0 bridgehead atoms. The molecular weight excluding hydrogens is 218 g/mol. The van der Waals surface area contributed by atoms with Crippen LogP contribution < -0.4 is 14.8 Å². The van der Waals surface area contributed by atoms with E-state index in [4.69, 9.17) is 9.47 Å². The number of benzene rings is 1. The largest absolute Gasteiger partial charge is 0.486 e. The highest BCUT2D eigenvalue weighted by Gasteiger charge is 2.20. The lowest BCUT2D eigenvalue weighted by Crippen LogP contribution is -2.40. The van der Waals surface area contributed by atoms with Crippen molar-refractivity contribution in [2.45, 2.75) is 13.0 Å². The molecule has 1 aliphatic heterocycles. The van der Waals surface area contributed by atoms with Crippen LogP contribution in [0.5, 0.6) is 11.5 Å². The highest BCUT2D eigenvalue weighted by atomic mass is 16.6. The molecule has 4 nitrogen and oxygen atoms in total. The Morgan fingerprint density at radius 3 is 3.00 bits per heavy atom. The molecule has 0 fully saturated rings. The van der Waals surface area contributed by atoms with Gasteiger partial charge in [0.15, 0.2) is 11.5 Å². The molecular formula is C13H15NO3. The molecule has 4 heteroatoms. The fourth-order valence-corrected chi connectivity index (χ4v) is 1.59. The third-order valence-electron chi connectivity index (χ3n) is 2.39. The standard InChI is InChI=1S/C13H15NO3/c1-2-5-13(15)14-8-10-9-16-11-6-3-4-7-12(11)17-10/h2-7,10H,8-9H2,1H3,(H,14,15)/b5-2-/t10-/m1/s1. The number of hydrogen-bond donors (Lipinski definition) is 1. The molecule has 0 aliphatic carbocycles. The van der Waals surface area contributed by atoms with Gasteiger partial charge in [0.25, 0.3) is 0 Å². The van der Waals surface area contributed by atoms with Gasteiger partial charge in [-0.1, -0.05) is 18.2 Å². The fourth-order valence-electron chi connectivity index (χ4n) is 1.59. The molecule has 1 heterocycles. The minimum atomic E-state index is -0.140. The summed E-state index contributed by atoms with van der Waals surface area (Å²) in [6.45, 7) is 2.70. The van der Waals surface area contributed by atoms with Crippen molar-refractivity contribution >= 4 is 5.91 Å². The van der Waals surface area contributed by atoms with Crippen LogP contribution in [0.15, 0.2) is 36.4 Å². The van der Waals surface area contributed by atoms with Gasteiger partial charge in [0.1, 0.15) is 12.7 Å². The van der Waals surface area contributed by atoms with Crippen molar-refractivity contribution in [2.24, 2.45) is 0 Å². The van der Waals surface area contributed by atoms with E-state index in [2.05, 4.69) is 5.32 Å². The minimum Gasteiger partial charge on any atom is -0.486 e. The van der Waals surface area contributed by atoms with Crippen molar-refractivity contribution in [3.8, 4) is 11.5 Å². The van der Waals surface area contributed by atoms with Crippen LogP contribution in [0.25, 0.3) is 0 Å². The zero-order valence-corrected chi connectivity index (χ0v) is 9.68. The van der Waals surface area contributed by atoms with Crippen molar-refractivity contribution in [2.75, 3.05) is 13.2 Å². The summed E-state index contributed by atoms with van der Waals surface area (Å²) in [4.78, 5) is 11.2. The Morgan fingerprint density at radius 2 is 2.24 bits per heavy atom. The molecule has 0 spiro atoms. The topological polar surface area (TPSA) is 47.6 Å². The van der Waals surface area contributed by atoms with E-state index in [0.717, 1.165) is 11.5 Å². The van der Waals surface area contributed by atoms with Gasteiger partial charge >= 0.3 is 0 Å². The Labute approximate surface area is 100 Å². The molecule has 1 N–H and O–H groups in total. The lowest BCUT2D eigenvalue weighted by atomic mass is 10.2. The monoisotopic (exact) mass is 233 g/mol. The first kappa shape index (κ1) is 11.5. The number of carbonyl (C=O) groups is 1. The first-order valence-electron chi connectivity index (χ1n) is 5.58. The molecule has 0 saturated heterocycles. The van der Waals surface area contributed by atoms with Crippen LogP contribution in [0.2, 0.25) is 0 Å². The molecule has 0 saturated carbocycles. The number of hydrogen-bond acceptors (Lipinski definition) is 3. The fraction of sp³-hybridized carbons (Fsp3) is 0.308. The lowest BCUT2D eigenvalue weighted by Gasteiger charge is -2.26. The zero-order chi connectivity index (χ0) is 12.1. The Kier molecular flexibility index (Phi) is 3.65. The summed E-state index contributed by atoms with van der Waals surface area (Å²) in [5.74, 6) is 1.36. The first-order chi connectivity index (χ1) is 8.29. The van der Waals surface area contributed by atoms with E-state index in [1.165, 1.54) is 6.08 Å². The summed E-state index contributed by atoms with van der Waals surface area (Å²) in [6, 6.07) is 7.51. The average molecular weight is 233 g/mol. The van der Waals surface area contributed by atoms with Gasteiger partial charge in [-0.05, 0) is 25.1 Å². The summed E-state index contributed by atoms with van der Waals surface area (Å²) < 4.78 is 11.2. The van der Waals surface area contributed by atoms with Crippen LogP contribution in [0.3, 0.4) is 0 Å². The van der Waals surface area contributed by atoms with E-state index in [9.17, 15) is 4.79 Å². The summed E-state index contributed by atoms with van der Waals surface area (Å²) >= 11 is 0. The second kappa shape index (κ2) is 5.39. The molecule has 2 rings (SSSR count). The summed E-state index contributed by atoms with van der Waals surface area (Å²) in [5.41, 5.74) is 0. The molecule has 17 heavy (non-hydrogen) atoms. The maximum atomic E-state index is 11.2. The van der Waals surface area contributed by atoms with Gasteiger partial charge in [0.2, 0.25) is 5.91 Å². The number of ether oxygens (including phenoxy) is 2.